The molecule has 0 bridgehead atoms. The van der Waals surface area contributed by atoms with Crippen LogP contribution in [0.3, 0.4) is 0 Å². The molecule has 0 atom stereocenters. The fraction of sp³-hybridized carbons (Fsp3) is 0.444. The van der Waals surface area contributed by atoms with Crippen molar-refractivity contribution < 1.29 is 5.73 Å². The predicted molar refractivity (Wildman–Crippen MR) is 63.2 cm³/mol. The summed E-state index contributed by atoms with van der Waals surface area (Å²) in [7, 11) is 0. The molecule has 0 radical (unpaired) electrons. The zero-order valence-corrected chi connectivity index (χ0v) is 9.44. The highest BCUT2D eigenvalue weighted by atomic mass is 16.1. The van der Waals surface area contributed by atoms with Gasteiger partial charge < -0.3 is 21.4 Å². The van der Waals surface area contributed by atoms with Gasteiger partial charge in [0, 0.05) is 19.6 Å². The maximum absolute atomic E-state index is 11.5. The number of hydrogen-bond donors (Lipinski definition) is 4. The first-order valence-electron chi connectivity index (χ1n) is 5.43. The molecule has 0 saturated carbocycles. The van der Waals surface area contributed by atoms with Crippen LogP contribution < -0.4 is 22.3 Å². The molecule has 17 heavy (non-hydrogen) atoms. The van der Waals surface area contributed by atoms with Crippen molar-refractivity contribution in [1.29, 1.82) is 0 Å². The molecule has 0 spiro atoms. The van der Waals surface area contributed by atoms with Crippen LogP contribution in [0.4, 0.5) is 5.95 Å². The number of H-pyrrole nitrogens is 1. The van der Waals surface area contributed by atoms with E-state index in [0.29, 0.717) is 17.7 Å². The number of nitrogen functional groups attached to an aromatic ring is 1. The van der Waals surface area contributed by atoms with E-state index < -0.39 is 0 Å². The van der Waals surface area contributed by atoms with Gasteiger partial charge >= 0.3 is 0 Å². The first-order valence-corrected chi connectivity index (χ1v) is 5.43. The number of quaternary nitrogens is 1. The van der Waals surface area contributed by atoms with E-state index >= 15 is 0 Å². The molecular weight excluding hydrogens is 222 g/mol. The third-order valence-corrected chi connectivity index (χ3v) is 2.38. The summed E-state index contributed by atoms with van der Waals surface area (Å²) < 4.78 is 1.80. The lowest BCUT2D eigenvalue weighted by molar-refractivity contribution is -0.365. The van der Waals surface area contributed by atoms with Gasteiger partial charge in [0.1, 0.15) is 0 Å². The summed E-state index contributed by atoms with van der Waals surface area (Å²) in [6, 6.07) is 0. The van der Waals surface area contributed by atoms with E-state index in [1.54, 1.807) is 10.9 Å². The molecule has 8 heteroatoms. The number of aromatic amines is 1. The SMILES string of the molecule is Nc1nc2c(ncn2CCNCC[NH3+])c(=O)[nH]1. The number of rotatable bonds is 5. The highest BCUT2D eigenvalue weighted by molar-refractivity contribution is 5.70. The van der Waals surface area contributed by atoms with Crippen LogP contribution in [0.5, 0.6) is 0 Å². The highest BCUT2D eigenvalue weighted by Gasteiger charge is 2.08. The number of nitrogens with one attached hydrogen (secondary N) is 2. The molecule has 0 aliphatic carbocycles. The molecule has 92 valence electrons. The lowest BCUT2D eigenvalue weighted by Crippen LogP contribution is -2.54. The molecule has 7 N–H and O–H groups in total. The van der Waals surface area contributed by atoms with Crippen molar-refractivity contribution >= 4 is 17.1 Å². The third kappa shape index (κ3) is 2.43. The largest absolute Gasteiger partial charge is 0.369 e. The number of hydrogen-bond acceptors (Lipinski definition) is 5. The minimum atomic E-state index is -0.308. The predicted octanol–water partition coefficient (Wildman–Crippen LogP) is -2.47. The van der Waals surface area contributed by atoms with Gasteiger partial charge in [-0.1, -0.05) is 0 Å². The van der Waals surface area contributed by atoms with Crippen LogP contribution in [0.1, 0.15) is 0 Å². The van der Waals surface area contributed by atoms with Crippen LogP contribution >= 0.6 is 0 Å². The minimum absolute atomic E-state index is 0.106. The molecule has 0 aliphatic rings. The fourth-order valence-electron chi connectivity index (χ4n) is 1.58. The van der Waals surface area contributed by atoms with Crippen molar-refractivity contribution in [2.24, 2.45) is 0 Å². The summed E-state index contributed by atoms with van der Waals surface area (Å²) in [5.41, 5.74) is 9.76. The van der Waals surface area contributed by atoms with Crippen LogP contribution in [0.25, 0.3) is 11.2 Å². The standard InChI is InChI=1S/C9H15N7O/c10-1-2-12-3-4-16-5-13-6-7(16)14-9(11)15-8(6)17/h5,12H,1-4,10H2,(H3,11,14,15,17)/p+1. The number of nitrogens with zero attached hydrogens (tertiary/aromatic N) is 3. The monoisotopic (exact) mass is 238 g/mol. The number of nitrogens with two attached hydrogens (primary N) is 1. The summed E-state index contributed by atoms with van der Waals surface area (Å²) in [4.78, 5) is 22.0. The zero-order chi connectivity index (χ0) is 12.3. The van der Waals surface area contributed by atoms with Crippen molar-refractivity contribution in [1.82, 2.24) is 24.8 Å². The van der Waals surface area contributed by atoms with Gasteiger partial charge in [0.25, 0.3) is 5.56 Å². The molecule has 0 aromatic carbocycles. The Balaban J connectivity index is 2.21. The van der Waals surface area contributed by atoms with Crippen molar-refractivity contribution in [3.05, 3.63) is 16.7 Å². The highest BCUT2D eigenvalue weighted by Crippen LogP contribution is 2.05. The van der Waals surface area contributed by atoms with Crippen molar-refractivity contribution in [2.75, 3.05) is 25.4 Å². The van der Waals surface area contributed by atoms with Gasteiger partial charge in [0.15, 0.2) is 11.2 Å². The number of aromatic nitrogens is 4. The maximum atomic E-state index is 11.5. The van der Waals surface area contributed by atoms with Crippen LogP contribution in [-0.2, 0) is 6.54 Å². The second-order valence-corrected chi connectivity index (χ2v) is 3.66. The Kier molecular flexibility index (Phi) is 3.35. The van der Waals surface area contributed by atoms with Gasteiger partial charge in [-0.25, -0.2) is 4.98 Å². The Morgan fingerprint density at radius 3 is 3.12 bits per heavy atom. The van der Waals surface area contributed by atoms with Crippen molar-refractivity contribution in [3.63, 3.8) is 0 Å². The molecule has 0 saturated heterocycles. The normalized spacial score (nSPS) is 11.1. The van der Waals surface area contributed by atoms with E-state index in [1.807, 2.05) is 0 Å². The Morgan fingerprint density at radius 1 is 1.53 bits per heavy atom. The van der Waals surface area contributed by atoms with Crippen LogP contribution in [0.15, 0.2) is 11.1 Å². The molecule has 2 aromatic rings. The zero-order valence-electron chi connectivity index (χ0n) is 9.44. The molecule has 2 heterocycles. The van der Waals surface area contributed by atoms with Crippen LogP contribution in [0.2, 0.25) is 0 Å². The van der Waals surface area contributed by atoms with E-state index in [0.717, 1.165) is 19.6 Å². The van der Waals surface area contributed by atoms with Gasteiger partial charge in [-0.2, -0.15) is 4.98 Å². The number of imidazole rings is 1. The smallest absolute Gasteiger partial charge is 0.280 e. The third-order valence-electron chi connectivity index (χ3n) is 2.38. The summed E-state index contributed by atoms with van der Waals surface area (Å²) in [5.74, 6) is 0.106. The molecule has 0 unspecified atom stereocenters. The molecule has 0 amide bonds. The second-order valence-electron chi connectivity index (χ2n) is 3.66. The molecule has 2 rings (SSSR count). The quantitative estimate of drug-likeness (QED) is 0.429. The van der Waals surface area contributed by atoms with E-state index in [9.17, 15) is 4.79 Å². The van der Waals surface area contributed by atoms with E-state index in [2.05, 4.69) is 26.0 Å². The van der Waals surface area contributed by atoms with E-state index in [-0.39, 0.29) is 11.5 Å². The van der Waals surface area contributed by atoms with Gasteiger partial charge in [0.2, 0.25) is 5.95 Å². The van der Waals surface area contributed by atoms with Crippen molar-refractivity contribution in [2.45, 2.75) is 6.54 Å². The molecular formula is C9H16N7O+. The first-order chi connectivity index (χ1) is 8.22. The lowest BCUT2D eigenvalue weighted by atomic mass is 10.5. The van der Waals surface area contributed by atoms with Gasteiger partial charge in [0.05, 0.1) is 12.9 Å². The molecule has 0 fully saturated rings. The molecule has 8 nitrogen and oxygen atoms in total. The average molecular weight is 238 g/mol. The molecule has 2 aromatic heterocycles. The van der Waals surface area contributed by atoms with Crippen molar-refractivity contribution in [3.8, 4) is 0 Å². The van der Waals surface area contributed by atoms with Gasteiger partial charge in [-0.05, 0) is 0 Å². The summed E-state index contributed by atoms with van der Waals surface area (Å²) in [6.07, 6.45) is 1.60. The Labute approximate surface area is 97.0 Å². The summed E-state index contributed by atoms with van der Waals surface area (Å²) in [6.45, 7) is 3.17. The topological polar surface area (TPSA) is 129 Å². The molecule has 0 aliphatic heterocycles. The maximum Gasteiger partial charge on any atom is 0.280 e. The summed E-state index contributed by atoms with van der Waals surface area (Å²) in [5, 5.41) is 3.21. The Bertz CT molecular complexity index is 558. The van der Waals surface area contributed by atoms with Gasteiger partial charge in [-0.15, -0.1) is 0 Å². The van der Waals surface area contributed by atoms with Gasteiger partial charge in [-0.3, -0.25) is 9.78 Å². The van der Waals surface area contributed by atoms with E-state index in [1.165, 1.54) is 0 Å². The van der Waals surface area contributed by atoms with Crippen LogP contribution in [0, 0.1) is 0 Å². The lowest BCUT2D eigenvalue weighted by Gasteiger charge is -2.04. The summed E-state index contributed by atoms with van der Waals surface area (Å²) >= 11 is 0. The minimum Gasteiger partial charge on any atom is -0.369 e. The average Bonchev–Trinajstić information content (AvgIpc) is 2.68. The van der Waals surface area contributed by atoms with E-state index in [4.69, 9.17) is 5.73 Å². The number of fused-ring (bicyclic) bond motifs is 1. The number of anilines is 1. The van der Waals surface area contributed by atoms with Crippen LogP contribution in [-0.4, -0.2) is 39.2 Å². The second kappa shape index (κ2) is 4.93. The Morgan fingerprint density at radius 2 is 2.35 bits per heavy atom. The fourth-order valence-corrected chi connectivity index (χ4v) is 1.58. The Hall–Kier alpha value is -1.93. The first kappa shape index (κ1) is 11.6.